The average molecular weight is 331 g/mol. The predicted molar refractivity (Wildman–Crippen MR) is 71.2 cm³/mol. The molecule has 0 aromatic heterocycles. The van der Waals surface area contributed by atoms with E-state index in [1.54, 1.807) is 26.0 Å². The van der Waals surface area contributed by atoms with Crippen LogP contribution in [-0.4, -0.2) is 23.0 Å². The van der Waals surface area contributed by atoms with Gasteiger partial charge >= 0.3 is 5.97 Å². The second-order valence-electron chi connectivity index (χ2n) is 4.67. The minimum Gasteiger partial charge on any atom is -0.481 e. The van der Waals surface area contributed by atoms with Crippen molar-refractivity contribution in [3.8, 4) is 11.5 Å². The van der Waals surface area contributed by atoms with Gasteiger partial charge in [-0.15, -0.1) is 0 Å². The summed E-state index contributed by atoms with van der Waals surface area (Å²) < 4.78 is 11.2. The molecule has 19 heavy (non-hydrogen) atoms. The van der Waals surface area contributed by atoms with Gasteiger partial charge in [-0.25, -0.2) is 0 Å². The lowest BCUT2D eigenvalue weighted by Gasteiger charge is -2.23. The van der Waals surface area contributed by atoms with Gasteiger partial charge in [0, 0.05) is 0 Å². The quantitative estimate of drug-likeness (QED) is 0.887. The highest BCUT2D eigenvalue weighted by Crippen LogP contribution is 2.42. The van der Waals surface area contributed by atoms with Crippen molar-refractivity contribution in [1.82, 2.24) is 0 Å². The van der Waals surface area contributed by atoms with Crippen LogP contribution >= 0.6 is 15.9 Å². The number of fused-ring (bicyclic) bond motifs is 1. The molecular formula is C13H15BrO5. The molecule has 3 unspecified atom stereocenters. The zero-order valence-electron chi connectivity index (χ0n) is 10.6. The smallest absolute Gasteiger partial charge is 0.306 e. The first kappa shape index (κ1) is 14.1. The summed E-state index contributed by atoms with van der Waals surface area (Å²) in [6, 6.07) is 3.41. The topological polar surface area (TPSA) is 76.0 Å². The summed E-state index contributed by atoms with van der Waals surface area (Å²) >= 11 is 3.35. The third-order valence-electron chi connectivity index (χ3n) is 3.47. The van der Waals surface area contributed by atoms with Crippen LogP contribution < -0.4 is 9.47 Å². The maximum Gasteiger partial charge on any atom is 0.306 e. The zero-order chi connectivity index (χ0) is 14.2. The maximum absolute atomic E-state index is 11.0. The molecule has 6 heteroatoms. The number of benzene rings is 1. The molecule has 2 N–H and O–H groups in total. The molecule has 0 radical (unpaired) electrons. The Morgan fingerprint density at radius 1 is 1.37 bits per heavy atom. The van der Waals surface area contributed by atoms with E-state index in [0.717, 1.165) is 0 Å². The van der Waals surface area contributed by atoms with E-state index in [2.05, 4.69) is 15.9 Å². The van der Waals surface area contributed by atoms with Crippen molar-refractivity contribution in [1.29, 1.82) is 0 Å². The van der Waals surface area contributed by atoms with Gasteiger partial charge in [0.15, 0.2) is 11.5 Å². The van der Waals surface area contributed by atoms with Crippen LogP contribution in [0.2, 0.25) is 0 Å². The molecule has 104 valence electrons. The van der Waals surface area contributed by atoms with Crippen molar-refractivity contribution in [3.05, 3.63) is 22.2 Å². The Hall–Kier alpha value is -1.27. The summed E-state index contributed by atoms with van der Waals surface area (Å²) in [6.45, 7) is 3.44. The molecule has 0 spiro atoms. The van der Waals surface area contributed by atoms with Crippen LogP contribution in [0.4, 0.5) is 0 Å². The number of aliphatic carboxylic acids is 1. The predicted octanol–water partition coefficient (Wildman–Crippen LogP) is 2.57. The molecule has 0 fully saturated rings. The zero-order valence-corrected chi connectivity index (χ0v) is 12.2. The van der Waals surface area contributed by atoms with E-state index in [-0.39, 0.29) is 6.79 Å². The standard InChI is InChI=1S/C13H15BrO5/c1-6(7(2)13(16)17)11(15)8-3-9(14)12-10(4-8)18-5-19-12/h3-4,6-7,11,15H,5H2,1-2H3,(H,16,17). The summed E-state index contributed by atoms with van der Waals surface area (Å²) in [5.74, 6) is -0.816. The number of rotatable bonds is 4. The van der Waals surface area contributed by atoms with Gasteiger partial charge in [-0.1, -0.05) is 13.8 Å². The molecule has 5 nitrogen and oxygen atoms in total. The van der Waals surface area contributed by atoms with Crippen LogP contribution in [0, 0.1) is 11.8 Å². The first-order valence-electron chi connectivity index (χ1n) is 5.91. The fourth-order valence-corrected chi connectivity index (χ4v) is 2.53. The number of ether oxygens (including phenoxy) is 2. The minimum atomic E-state index is -0.925. The Morgan fingerprint density at radius 3 is 2.68 bits per heavy atom. The van der Waals surface area contributed by atoms with Crippen molar-refractivity contribution < 1.29 is 24.5 Å². The van der Waals surface area contributed by atoms with E-state index < -0.39 is 23.9 Å². The molecule has 2 rings (SSSR count). The van der Waals surface area contributed by atoms with Crippen molar-refractivity contribution in [2.24, 2.45) is 11.8 Å². The average Bonchev–Trinajstić information content (AvgIpc) is 2.84. The van der Waals surface area contributed by atoms with E-state index in [1.807, 2.05) is 0 Å². The van der Waals surface area contributed by atoms with Gasteiger partial charge in [-0.3, -0.25) is 4.79 Å². The van der Waals surface area contributed by atoms with Crippen molar-refractivity contribution in [2.75, 3.05) is 6.79 Å². The third-order valence-corrected chi connectivity index (χ3v) is 4.06. The highest BCUT2D eigenvalue weighted by atomic mass is 79.9. The molecule has 1 aromatic carbocycles. The fraction of sp³-hybridized carbons (Fsp3) is 0.462. The first-order chi connectivity index (χ1) is 8.91. The van der Waals surface area contributed by atoms with Crippen LogP contribution in [0.1, 0.15) is 25.5 Å². The summed E-state index contributed by atoms with van der Waals surface area (Å²) in [7, 11) is 0. The molecule has 3 atom stereocenters. The van der Waals surface area contributed by atoms with E-state index in [9.17, 15) is 9.90 Å². The van der Waals surface area contributed by atoms with Crippen LogP contribution in [0.5, 0.6) is 11.5 Å². The van der Waals surface area contributed by atoms with Gasteiger partial charge < -0.3 is 19.7 Å². The van der Waals surface area contributed by atoms with Crippen LogP contribution in [0.15, 0.2) is 16.6 Å². The van der Waals surface area contributed by atoms with Crippen molar-refractivity contribution in [3.63, 3.8) is 0 Å². The van der Waals surface area contributed by atoms with E-state index in [0.29, 0.717) is 21.5 Å². The van der Waals surface area contributed by atoms with Crippen molar-refractivity contribution >= 4 is 21.9 Å². The van der Waals surface area contributed by atoms with E-state index in [1.165, 1.54) is 0 Å². The number of aliphatic hydroxyl groups excluding tert-OH is 1. The molecule has 0 bridgehead atoms. The van der Waals surface area contributed by atoms with E-state index >= 15 is 0 Å². The normalized spacial score (nSPS) is 17.9. The second kappa shape index (κ2) is 5.38. The molecule has 1 aromatic rings. The van der Waals surface area contributed by atoms with Gasteiger partial charge in [-0.05, 0) is 39.5 Å². The lowest BCUT2D eigenvalue weighted by Crippen LogP contribution is -2.23. The molecule has 1 aliphatic heterocycles. The summed E-state index contributed by atoms with van der Waals surface area (Å²) in [5.41, 5.74) is 0.608. The SMILES string of the molecule is CC(C(=O)O)C(C)C(O)c1cc(Br)c2c(c1)OCO2. The number of aliphatic hydroxyl groups is 1. The minimum absolute atomic E-state index is 0.147. The number of halogens is 1. The molecule has 1 aliphatic rings. The Balaban J connectivity index is 2.27. The van der Waals surface area contributed by atoms with Gasteiger partial charge in [0.05, 0.1) is 16.5 Å². The summed E-state index contributed by atoms with van der Waals surface area (Å²) in [6.07, 6.45) is -0.878. The third kappa shape index (κ3) is 2.69. The summed E-state index contributed by atoms with van der Waals surface area (Å²) in [5, 5.41) is 19.3. The lowest BCUT2D eigenvalue weighted by molar-refractivity contribution is -0.144. The number of carboxylic acid groups (broad SMARTS) is 1. The fourth-order valence-electron chi connectivity index (χ4n) is 1.96. The molecule has 0 amide bonds. The number of hydrogen-bond acceptors (Lipinski definition) is 4. The Labute approximate surface area is 119 Å². The highest BCUT2D eigenvalue weighted by molar-refractivity contribution is 9.10. The van der Waals surface area contributed by atoms with Gasteiger partial charge in [0.25, 0.3) is 0 Å². The Kier molecular flexibility index (Phi) is 4.01. The molecule has 1 heterocycles. The van der Waals surface area contributed by atoms with Gasteiger partial charge in [0.2, 0.25) is 6.79 Å². The second-order valence-corrected chi connectivity index (χ2v) is 5.52. The Morgan fingerprint density at radius 2 is 2.05 bits per heavy atom. The van der Waals surface area contributed by atoms with Crippen LogP contribution in [0.3, 0.4) is 0 Å². The number of hydrogen-bond donors (Lipinski definition) is 2. The first-order valence-corrected chi connectivity index (χ1v) is 6.71. The van der Waals surface area contributed by atoms with Crippen LogP contribution in [-0.2, 0) is 4.79 Å². The molecule has 0 aliphatic carbocycles. The van der Waals surface area contributed by atoms with E-state index in [4.69, 9.17) is 14.6 Å². The molecule has 0 saturated carbocycles. The van der Waals surface area contributed by atoms with Crippen molar-refractivity contribution in [2.45, 2.75) is 20.0 Å². The highest BCUT2D eigenvalue weighted by Gasteiger charge is 2.29. The lowest BCUT2D eigenvalue weighted by atomic mass is 9.87. The number of carbonyl (C=O) groups is 1. The summed E-state index contributed by atoms with van der Waals surface area (Å²) in [4.78, 5) is 11.0. The number of carboxylic acids is 1. The molecule has 0 saturated heterocycles. The monoisotopic (exact) mass is 330 g/mol. The van der Waals surface area contributed by atoms with Crippen LogP contribution in [0.25, 0.3) is 0 Å². The largest absolute Gasteiger partial charge is 0.481 e. The Bertz CT molecular complexity index is 502. The van der Waals surface area contributed by atoms with Gasteiger partial charge in [-0.2, -0.15) is 0 Å². The van der Waals surface area contributed by atoms with Gasteiger partial charge in [0.1, 0.15) is 0 Å². The molecular weight excluding hydrogens is 316 g/mol. The maximum atomic E-state index is 11.0.